The average Bonchev–Trinajstić information content (AvgIpc) is 3.13. The second kappa shape index (κ2) is 7.31. The van der Waals surface area contributed by atoms with E-state index in [2.05, 4.69) is 5.32 Å². The molecule has 0 atom stereocenters. The van der Waals surface area contributed by atoms with Crippen molar-refractivity contribution >= 4 is 11.7 Å². The normalized spacial score (nSPS) is 10.3. The van der Waals surface area contributed by atoms with Crippen molar-refractivity contribution in [3.05, 3.63) is 90.4 Å². The monoisotopic (exact) mass is 306 g/mol. The maximum Gasteiger partial charge on any atom is 0.322 e. The highest BCUT2D eigenvalue weighted by molar-refractivity contribution is 5.91. The van der Waals surface area contributed by atoms with Crippen LogP contribution >= 0.6 is 0 Å². The summed E-state index contributed by atoms with van der Waals surface area (Å²) in [5.74, 6) is 0.728. The molecule has 0 aliphatic carbocycles. The van der Waals surface area contributed by atoms with Crippen LogP contribution in [0.3, 0.4) is 0 Å². The number of urea groups is 1. The highest BCUT2D eigenvalue weighted by Crippen LogP contribution is 2.17. The van der Waals surface area contributed by atoms with E-state index in [1.54, 1.807) is 17.2 Å². The van der Waals surface area contributed by atoms with Crippen molar-refractivity contribution in [2.24, 2.45) is 0 Å². The summed E-state index contributed by atoms with van der Waals surface area (Å²) in [6.45, 7) is 0.874. The van der Waals surface area contributed by atoms with Crippen LogP contribution in [0.1, 0.15) is 11.3 Å². The summed E-state index contributed by atoms with van der Waals surface area (Å²) in [5.41, 5.74) is 1.93. The third-order valence-electron chi connectivity index (χ3n) is 3.49. The summed E-state index contributed by atoms with van der Waals surface area (Å²) in [5, 5.41) is 2.90. The van der Waals surface area contributed by atoms with E-state index in [1.165, 1.54) is 0 Å². The first-order valence-corrected chi connectivity index (χ1v) is 7.49. The van der Waals surface area contributed by atoms with E-state index >= 15 is 0 Å². The fourth-order valence-corrected chi connectivity index (χ4v) is 2.33. The Hall–Kier alpha value is -3.01. The standard InChI is InChI=1S/C19H18N2O2/c22-19(20-14-18-12-7-13-23-18)21(17-10-5-2-6-11-17)15-16-8-3-1-4-9-16/h1-13H,14-15H2,(H,20,22). The lowest BCUT2D eigenvalue weighted by Gasteiger charge is -2.23. The van der Waals surface area contributed by atoms with Gasteiger partial charge in [0.25, 0.3) is 0 Å². The van der Waals surface area contributed by atoms with Crippen molar-refractivity contribution in [2.75, 3.05) is 4.90 Å². The lowest BCUT2D eigenvalue weighted by Crippen LogP contribution is -2.39. The maximum atomic E-state index is 12.6. The quantitative estimate of drug-likeness (QED) is 0.768. The number of carbonyl (C=O) groups excluding carboxylic acids is 1. The van der Waals surface area contributed by atoms with Gasteiger partial charge in [0.15, 0.2) is 0 Å². The second-order valence-electron chi connectivity index (χ2n) is 5.15. The minimum Gasteiger partial charge on any atom is -0.467 e. The van der Waals surface area contributed by atoms with Gasteiger partial charge in [0, 0.05) is 5.69 Å². The zero-order chi connectivity index (χ0) is 15.9. The molecule has 0 unspecified atom stereocenters. The smallest absolute Gasteiger partial charge is 0.322 e. The zero-order valence-electron chi connectivity index (χ0n) is 12.7. The Labute approximate surface area is 135 Å². The van der Waals surface area contributed by atoms with Crippen LogP contribution in [-0.4, -0.2) is 6.03 Å². The Morgan fingerprint density at radius 1 is 0.913 bits per heavy atom. The topological polar surface area (TPSA) is 45.5 Å². The summed E-state index contributed by atoms with van der Waals surface area (Å²) in [6, 6.07) is 23.1. The summed E-state index contributed by atoms with van der Waals surface area (Å²) >= 11 is 0. The number of anilines is 1. The van der Waals surface area contributed by atoms with Gasteiger partial charge in [0.05, 0.1) is 19.4 Å². The number of rotatable bonds is 5. The summed E-state index contributed by atoms with van der Waals surface area (Å²) in [6.07, 6.45) is 1.60. The van der Waals surface area contributed by atoms with Gasteiger partial charge in [-0.05, 0) is 29.8 Å². The van der Waals surface area contributed by atoms with Gasteiger partial charge in [-0.15, -0.1) is 0 Å². The van der Waals surface area contributed by atoms with E-state index < -0.39 is 0 Å². The first-order chi connectivity index (χ1) is 11.3. The molecule has 3 rings (SSSR count). The third kappa shape index (κ3) is 4.01. The molecule has 0 spiro atoms. The minimum atomic E-state index is -0.156. The molecule has 1 aromatic heterocycles. The van der Waals surface area contributed by atoms with E-state index in [0.29, 0.717) is 13.1 Å². The lowest BCUT2D eigenvalue weighted by molar-refractivity contribution is 0.244. The fourth-order valence-electron chi connectivity index (χ4n) is 2.33. The predicted molar refractivity (Wildman–Crippen MR) is 90.0 cm³/mol. The Morgan fingerprint density at radius 2 is 1.61 bits per heavy atom. The minimum absolute atomic E-state index is 0.156. The number of hydrogen-bond donors (Lipinski definition) is 1. The molecule has 0 fully saturated rings. The molecule has 0 saturated heterocycles. The first kappa shape index (κ1) is 14.9. The Bertz CT molecular complexity index is 725. The van der Waals surface area contributed by atoms with Crippen molar-refractivity contribution in [2.45, 2.75) is 13.1 Å². The largest absolute Gasteiger partial charge is 0.467 e. The van der Waals surface area contributed by atoms with Gasteiger partial charge < -0.3 is 9.73 Å². The Balaban J connectivity index is 1.75. The van der Waals surface area contributed by atoms with Gasteiger partial charge in [0.1, 0.15) is 5.76 Å². The molecule has 3 aromatic rings. The molecule has 0 aliphatic heterocycles. The van der Waals surface area contributed by atoms with Crippen LogP contribution in [0.2, 0.25) is 0 Å². The summed E-state index contributed by atoms with van der Waals surface area (Å²) in [4.78, 5) is 14.3. The molecular formula is C19H18N2O2. The summed E-state index contributed by atoms with van der Waals surface area (Å²) in [7, 11) is 0. The van der Waals surface area contributed by atoms with Gasteiger partial charge >= 0.3 is 6.03 Å². The van der Waals surface area contributed by atoms with E-state index in [1.807, 2.05) is 66.7 Å². The van der Waals surface area contributed by atoms with Crippen LogP contribution in [0, 0.1) is 0 Å². The second-order valence-corrected chi connectivity index (χ2v) is 5.15. The molecule has 0 bridgehead atoms. The van der Waals surface area contributed by atoms with Crippen molar-refractivity contribution in [3.8, 4) is 0 Å². The number of furan rings is 1. The highest BCUT2D eigenvalue weighted by atomic mass is 16.3. The SMILES string of the molecule is O=C(NCc1ccco1)N(Cc1ccccc1)c1ccccc1. The van der Waals surface area contributed by atoms with Crippen LogP contribution in [0.4, 0.5) is 10.5 Å². The van der Waals surface area contributed by atoms with E-state index in [-0.39, 0.29) is 6.03 Å². The molecule has 1 heterocycles. The number of hydrogen-bond acceptors (Lipinski definition) is 2. The van der Waals surface area contributed by atoms with Crippen molar-refractivity contribution < 1.29 is 9.21 Å². The number of nitrogens with zero attached hydrogens (tertiary/aromatic N) is 1. The van der Waals surface area contributed by atoms with Crippen molar-refractivity contribution in [3.63, 3.8) is 0 Å². The highest BCUT2D eigenvalue weighted by Gasteiger charge is 2.16. The van der Waals surface area contributed by atoms with Gasteiger partial charge in [0.2, 0.25) is 0 Å². The molecule has 2 amide bonds. The molecule has 0 saturated carbocycles. The third-order valence-corrected chi connectivity index (χ3v) is 3.49. The molecule has 2 aromatic carbocycles. The van der Waals surface area contributed by atoms with E-state index in [9.17, 15) is 4.79 Å². The van der Waals surface area contributed by atoms with Crippen LogP contribution in [-0.2, 0) is 13.1 Å². The van der Waals surface area contributed by atoms with Gasteiger partial charge in [-0.3, -0.25) is 4.90 Å². The number of carbonyl (C=O) groups is 1. The van der Waals surface area contributed by atoms with E-state index in [0.717, 1.165) is 17.0 Å². The number of amides is 2. The predicted octanol–water partition coefficient (Wildman–Crippen LogP) is 4.20. The molecule has 1 N–H and O–H groups in total. The zero-order valence-corrected chi connectivity index (χ0v) is 12.7. The van der Waals surface area contributed by atoms with Crippen LogP contribution in [0.25, 0.3) is 0 Å². The van der Waals surface area contributed by atoms with Gasteiger partial charge in [-0.2, -0.15) is 0 Å². The molecule has 0 radical (unpaired) electrons. The van der Waals surface area contributed by atoms with Gasteiger partial charge in [-0.25, -0.2) is 4.79 Å². The first-order valence-electron chi connectivity index (χ1n) is 7.49. The fraction of sp³-hybridized carbons (Fsp3) is 0.105. The van der Waals surface area contributed by atoms with Crippen LogP contribution < -0.4 is 10.2 Å². The maximum absolute atomic E-state index is 12.6. The summed E-state index contributed by atoms with van der Waals surface area (Å²) < 4.78 is 5.25. The number of benzene rings is 2. The molecule has 23 heavy (non-hydrogen) atoms. The number of para-hydroxylation sites is 1. The van der Waals surface area contributed by atoms with Crippen LogP contribution in [0.5, 0.6) is 0 Å². The van der Waals surface area contributed by atoms with E-state index in [4.69, 9.17) is 4.42 Å². The molecule has 4 nitrogen and oxygen atoms in total. The van der Waals surface area contributed by atoms with Gasteiger partial charge in [-0.1, -0.05) is 48.5 Å². The Morgan fingerprint density at radius 3 is 2.26 bits per heavy atom. The molecular weight excluding hydrogens is 288 g/mol. The number of nitrogens with one attached hydrogen (secondary N) is 1. The average molecular weight is 306 g/mol. The molecule has 116 valence electrons. The lowest BCUT2D eigenvalue weighted by atomic mass is 10.2. The Kier molecular flexibility index (Phi) is 4.74. The molecule has 4 heteroatoms. The van der Waals surface area contributed by atoms with Crippen molar-refractivity contribution in [1.82, 2.24) is 5.32 Å². The van der Waals surface area contributed by atoms with Crippen molar-refractivity contribution in [1.29, 1.82) is 0 Å². The van der Waals surface area contributed by atoms with Crippen LogP contribution in [0.15, 0.2) is 83.5 Å². The molecule has 0 aliphatic rings.